The summed E-state index contributed by atoms with van der Waals surface area (Å²) in [5.74, 6) is 4.07. The Morgan fingerprint density at radius 2 is 2.13 bits per heavy atom. The van der Waals surface area contributed by atoms with Gasteiger partial charge in [-0.3, -0.25) is 5.01 Å². The van der Waals surface area contributed by atoms with Gasteiger partial charge in [-0.05, 0) is 31.7 Å². The number of nitrogens with zero attached hydrogens (tertiary/aromatic N) is 4. The van der Waals surface area contributed by atoms with E-state index in [1.54, 1.807) is 29.4 Å². The van der Waals surface area contributed by atoms with Crippen molar-refractivity contribution in [3.8, 4) is 5.88 Å². The molecule has 1 atom stereocenters. The summed E-state index contributed by atoms with van der Waals surface area (Å²) in [4.78, 5) is 4.13. The first-order valence-electron chi connectivity index (χ1n) is 9.36. The van der Waals surface area contributed by atoms with E-state index in [-0.39, 0.29) is 30.3 Å². The van der Waals surface area contributed by atoms with Crippen molar-refractivity contribution < 1.29 is 17.9 Å². The lowest BCUT2D eigenvalue weighted by molar-refractivity contribution is -0.132. The third-order valence-corrected chi connectivity index (χ3v) is 6.09. The highest BCUT2D eigenvalue weighted by molar-refractivity contribution is 7.92. The minimum absolute atomic E-state index is 0.0283. The molecular formula is C18H29N7O4S. The molecule has 1 unspecified atom stereocenters. The van der Waals surface area contributed by atoms with Crippen molar-refractivity contribution >= 4 is 22.6 Å². The molecule has 0 spiro atoms. The highest BCUT2D eigenvalue weighted by Gasteiger charge is 2.42. The summed E-state index contributed by atoms with van der Waals surface area (Å²) in [6.07, 6.45) is 4.18. The topological polar surface area (TPSA) is 158 Å². The van der Waals surface area contributed by atoms with Crippen molar-refractivity contribution in [1.82, 2.24) is 14.7 Å². The molecule has 1 aliphatic rings. The molecule has 1 fully saturated rings. The number of hydrogen-bond donors (Lipinski definition) is 3. The van der Waals surface area contributed by atoms with Crippen LogP contribution in [0.1, 0.15) is 25.7 Å². The molecule has 0 aromatic carbocycles. The predicted octanol–water partition coefficient (Wildman–Crippen LogP) is 0.326. The highest BCUT2D eigenvalue weighted by Crippen LogP contribution is 2.27. The lowest BCUT2D eigenvalue weighted by Crippen LogP contribution is -2.59. The van der Waals surface area contributed by atoms with Gasteiger partial charge in [0.1, 0.15) is 6.54 Å². The van der Waals surface area contributed by atoms with Crippen LogP contribution < -0.4 is 21.0 Å². The first-order valence-corrected chi connectivity index (χ1v) is 10.9. The Balaban J connectivity index is 2.14. The van der Waals surface area contributed by atoms with E-state index in [1.807, 2.05) is 0 Å². The normalized spacial score (nSPS) is 22.0. The van der Waals surface area contributed by atoms with Crippen LogP contribution in [0, 0.1) is 0 Å². The smallest absolute Gasteiger partial charge is 0.291 e. The zero-order chi connectivity index (χ0) is 22.2. The second kappa shape index (κ2) is 10.4. The summed E-state index contributed by atoms with van der Waals surface area (Å²) < 4.78 is 37.5. The predicted molar refractivity (Wildman–Crippen MR) is 115 cm³/mol. The Morgan fingerprint density at radius 1 is 1.43 bits per heavy atom. The molecule has 0 amide bonds. The zero-order valence-corrected chi connectivity index (χ0v) is 17.8. The molecule has 1 aliphatic carbocycles. The zero-order valence-electron chi connectivity index (χ0n) is 17.0. The second-order valence-corrected chi connectivity index (χ2v) is 8.47. The molecule has 1 aromatic rings. The number of ether oxygens (including phenoxy) is 2. The fraction of sp³-hybridized carbons (Fsp3) is 0.500. The maximum absolute atomic E-state index is 11.7. The fourth-order valence-corrected chi connectivity index (χ4v) is 4.13. The third-order valence-electron chi connectivity index (χ3n) is 4.99. The standard InChI is InChI=1S/C18H29N7O4S/c1-4-30(26,27)24-14-8-10-15(11-9-14)25(21-2)13-18(28-3,17(19)23-20)29-16-7-5-6-12-22-16/h4-7,12,14-15,24H,1-2,8-11,13,20H2,3H3,(H2,19,23)/t14-,15+,18?. The number of sulfonamides is 1. The molecular weight excluding hydrogens is 410 g/mol. The average Bonchev–Trinajstić information content (AvgIpc) is 2.77. The van der Waals surface area contributed by atoms with E-state index in [9.17, 15) is 8.42 Å². The molecule has 0 aliphatic heterocycles. The van der Waals surface area contributed by atoms with Gasteiger partial charge >= 0.3 is 0 Å². The van der Waals surface area contributed by atoms with Gasteiger partial charge in [0, 0.05) is 43.6 Å². The summed E-state index contributed by atoms with van der Waals surface area (Å²) in [5.41, 5.74) is 6.02. The first-order chi connectivity index (χ1) is 14.3. The Hall–Kier alpha value is -2.70. The summed E-state index contributed by atoms with van der Waals surface area (Å²) in [6.45, 7) is 7.03. The van der Waals surface area contributed by atoms with E-state index >= 15 is 0 Å². The third kappa shape index (κ3) is 5.90. The largest absolute Gasteiger partial charge is 0.435 e. The molecule has 5 N–H and O–H groups in total. The molecule has 2 rings (SSSR count). The number of hydrazone groups is 2. The van der Waals surface area contributed by atoms with Gasteiger partial charge in [0.25, 0.3) is 5.79 Å². The van der Waals surface area contributed by atoms with Crippen molar-refractivity contribution in [2.45, 2.75) is 43.6 Å². The van der Waals surface area contributed by atoms with Crippen LogP contribution in [0.4, 0.5) is 0 Å². The van der Waals surface area contributed by atoms with Crippen molar-refractivity contribution in [3.05, 3.63) is 36.4 Å². The maximum atomic E-state index is 11.7. The van der Waals surface area contributed by atoms with Gasteiger partial charge in [-0.15, -0.1) is 0 Å². The van der Waals surface area contributed by atoms with Gasteiger partial charge in [0.05, 0.1) is 0 Å². The van der Waals surface area contributed by atoms with Crippen LogP contribution in [0.2, 0.25) is 0 Å². The molecule has 1 saturated carbocycles. The van der Waals surface area contributed by atoms with E-state index < -0.39 is 15.8 Å². The number of methoxy groups -OCH3 is 1. The Bertz CT molecular complexity index is 841. The second-order valence-electron chi connectivity index (χ2n) is 6.82. The van der Waals surface area contributed by atoms with Crippen LogP contribution in [0.3, 0.4) is 0 Å². The van der Waals surface area contributed by atoms with Gasteiger partial charge in [-0.25, -0.2) is 18.1 Å². The lowest BCUT2D eigenvalue weighted by atomic mass is 9.91. The van der Waals surface area contributed by atoms with Crippen molar-refractivity contribution in [2.24, 2.45) is 21.8 Å². The van der Waals surface area contributed by atoms with Gasteiger partial charge in [0.2, 0.25) is 15.9 Å². The molecule has 12 heteroatoms. The first kappa shape index (κ1) is 23.6. The minimum atomic E-state index is -3.47. The van der Waals surface area contributed by atoms with Crippen LogP contribution in [-0.4, -0.2) is 62.5 Å². The number of nitrogens with two attached hydrogens (primary N) is 2. The Labute approximate surface area is 176 Å². The number of pyridine rings is 1. The molecule has 30 heavy (non-hydrogen) atoms. The number of rotatable bonds is 11. The lowest BCUT2D eigenvalue weighted by Gasteiger charge is -2.40. The summed E-state index contributed by atoms with van der Waals surface area (Å²) in [7, 11) is -2.05. The molecule has 11 nitrogen and oxygen atoms in total. The van der Waals surface area contributed by atoms with Crippen molar-refractivity contribution in [3.63, 3.8) is 0 Å². The molecule has 0 bridgehead atoms. The van der Waals surface area contributed by atoms with Crippen molar-refractivity contribution in [1.29, 1.82) is 0 Å². The Morgan fingerprint density at radius 3 is 2.63 bits per heavy atom. The van der Waals surface area contributed by atoms with Crippen molar-refractivity contribution in [2.75, 3.05) is 13.7 Å². The van der Waals surface area contributed by atoms with Gasteiger partial charge in [-0.1, -0.05) is 12.6 Å². The average molecular weight is 440 g/mol. The molecule has 1 heterocycles. The summed E-state index contributed by atoms with van der Waals surface area (Å²) in [6, 6.07) is 4.97. The number of nitrogens with one attached hydrogen (secondary N) is 1. The molecule has 166 valence electrons. The van der Waals surface area contributed by atoms with Gasteiger partial charge < -0.3 is 21.1 Å². The van der Waals surface area contributed by atoms with E-state index in [4.69, 9.17) is 21.1 Å². The van der Waals surface area contributed by atoms with E-state index in [1.165, 1.54) is 7.11 Å². The quantitative estimate of drug-likeness (QED) is 0.146. The maximum Gasteiger partial charge on any atom is 0.291 e. The van der Waals surface area contributed by atoms with E-state index in [0.29, 0.717) is 25.7 Å². The Kier molecular flexibility index (Phi) is 8.15. The van der Waals surface area contributed by atoms with Gasteiger partial charge in [-0.2, -0.15) is 10.2 Å². The van der Waals surface area contributed by atoms with Gasteiger partial charge in [0.15, 0.2) is 5.84 Å². The molecule has 0 radical (unpaired) electrons. The van der Waals surface area contributed by atoms with Crippen LogP contribution >= 0.6 is 0 Å². The van der Waals surface area contributed by atoms with Crippen LogP contribution in [0.5, 0.6) is 5.88 Å². The molecule has 0 saturated heterocycles. The van der Waals surface area contributed by atoms with Crippen LogP contribution in [-0.2, 0) is 14.8 Å². The number of hydrogen-bond acceptors (Lipinski definition) is 9. The minimum Gasteiger partial charge on any atom is -0.435 e. The van der Waals surface area contributed by atoms with E-state index in [2.05, 4.69) is 33.2 Å². The fourth-order valence-electron chi connectivity index (χ4n) is 3.33. The highest BCUT2D eigenvalue weighted by atomic mass is 32.2. The number of aromatic nitrogens is 1. The number of amidine groups is 1. The summed E-state index contributed by atoms with van der Waals surface area (Å²) >= 11 is 0. The van der Waals surface area contributed by atoms with Crippen LogP contribution in [0.25, 0.3) is 0 Å². The SMILES string of the molecule is C=CS(=O)(=O)N[C@H]1CC[C@@H](N(CC(OC)(Oc2ccccn2)/C(N)=N\N)N=C)CC1. The monoisotopic (exact) mass is 439 g/mol. The van der Waals surface area contributed by atoms with E-state index in [0.717, 1.165) is 5.41 Å². The summed E-state index contributed by atoms with van der Waals surface area (Å²) in [5, 5.41) is 10.3. The van der Waals surface area contributed by atoms with Crippen LogP contribution in [0.15, 0.2) is 46.6 Å². The molecule has 1 aromatic heterocycles.